The number of carboxylic acids is 1. The molecule has 1 aromatic carbocycles. The van der Waals surface area contributed by atoms with Gasteiger partial charge in [-0.05, 0) is 19.9 Å². The van der Waals surface area contributed by atoms with Crippen LogP contribution in [0.4, 0.5) is 0 Å². The van der Waals surface area contributed by atoms with Crippen LogP contribution in [0.3, 0.4) is 0 Å². The molecule has 0 aliphatic rings. The van der Waals surface area contributed by atoms with E-state index in [0.29, 0.717) is 9.84 Å². The number of rotatable bonds is 2. The van der Waals surface area contributed by atoms with Crippen molar-refractivity contribution in [1.82, 2.24) is 9.38 Å². The lowest BCUT2D eigenvalue weighted by molar-refractivity contribution is 0.0701. The van der Waals surface area contributed by atoms with Crippen LogP contribution in [0.15, 0.2) is 30.5 Å². The second-order valence-electron chi connectivity index (χ2n) is 4.47. The zero-order valence-corrected chi connectivity index (χ0v) is 11.4. The van der Waals surface area contributed by atoms with Crippen LogP contribution in [0.25, 0.3) is 16.2 Å². The van der Waals surface area contributed by atoms with Crippen molar-refractivity contribution >= 4 is 22.3 Å². The molecular weight excluding hydrogens is 260 g/mol. The zero-order chi connectivity index (χ0) is 13.6. The Morgan fingerprint density at radius 3 is 2.79 bits per heavy atom. The molecule has 0 saturated heterocycles. The standard InChI is InChI=1S/C14H12N2O2S/c1-8-4-3-5-10(6-8)11-7-16-9(2)12(13(17)18)19-14(16)15-11/h3-7H,1-2H3,(H,17,18). The van der Waals surface area contributed by atoms with E-state index in [1.165, 1.54) is 16.9 Å². The predicted octanol–water partition coefficient (Wildman–Crippen LogP) is 3.38. The van der Waals surface area contributed by atoms with Crippen molar-refractivity contribution in [2.24, 2.45) is 0 Å². The molecule has 2 aromatic heterocycles. The van der Waals surface area contributed by atoms with E-state index >= 15 is 0 Å². The van der Waals surface area contributed by atoms with E-state index in [0.717, 1.165) is 17.0 Å². The van der Waals surface area contributed by atoms with Gasteiger partial charge in [-0.1, -0.05) is 35.1 Å². The Morgan fingerprint density at radius 2 is 2.16 bits per heavy atom. The highest BCUT2D eigenvalue weighted by Crippen LogP contribution is 2.27. The molecule has 4 nitrogen and oxygen atoms in total. The van der Waals surface area contributed by atoms with E-state index in [1.54, 1.807) is 6.92 Å². The van der Waals surface area contributed by atoms with Gasteiger partial charge >= 0.3 is 5.97 Å². The van der Waals surface area contributed by atoms with Crippen LogP contribution >= 0.6 is 11.3 Å². The van der Waals surface area contributed by atoms with Crippen molar-refractivity contribution in [2.75, 3.05) is 0 Å². The van der Waals surface area contributed by atoms with Gasteiger partial charge in [-0.15, -0.1) is 0 Å². The Morgan fingerprint density at radius 1 is 1.37 bits per heavy atom. The summed E-state index contributed by atoms with van der Waals surface area (Å²) in [6, 6.07) is 8.11. The number of aryl methyl sites for hydroxylation is 2. The molecule has 3 aromatic rings. The molecule has 2 heterocycles. The summed E-state index contributed by atoms with van der Waals surface area (Å²) in [6.45, 7) is 3.84. The van der Waals surface area contributed by atoms with Gasteiger partial charge in [0, 0.05) is 17.5 Å². The smallest absolute Gasteiger partial charge is 0.347 e. The number of aromatic nitrogens is 2. The third-order valence-electron chi connectivity index (χ3n) is 3.06. The largest absolute Gasteiger partial charge is 0.477 e. The van der Waals surface area contributed by atoms with Gasteiger partial charge in [0.15, 0.2) is 4.96 Å². The molecule has 1 N–H and O–H groups in total. The molecule has 3 rings (SSSR count). The van der Waals surface area contributed by atoms with Crippen LogP contribution in [0, 0.1) is 13.8 Å². The number of carbonyl (C=O) groups is 1. The van der Waals surface area contributed by atoms with E-state index in [2.05, 4.69) is 11.1 Å². The summed E-state index contributed by atoms with van der Waals surface area (Å²) in [6.07, 6.45) is 1.89. The summed E-state index contributed by atoms with van der Waals surface area (Å²) in [5.74, 6) is -0.898. The highest BCUT2D eigenvalue weighted by atomic mass is 32.1. The molecule has 0 unspecified atom stereocenters. The first-order valence-corrected chi connectivity index (χ1v) is 6.67. The van der Waals surface area contributed by atoms with Gasteiger partial charge in [-0.2, -0.15) is 0 Å². The Balaban J connectivity index is 2.16. The maximum absolute atomic E-state index is 11.1. The average molecular weight is 272 g/mol. The third kappa shape index (κ3) is 1.92. The summed E-state index contributed by atoms with van der Waals surface area (Å²) in [4.78, 5) is 16.6. The minimum atomic E-state index is -0.898. The minimum absolute atomic E-state index is 0.346. The van der Waals surface area contributed by atoms with Crippen molar-refractivity contribution in [3.8, 4) is 11.3 Å². The molecule has 0 bridgehead atoms. The average Bonchev–Trinajstić information content (AvgIpc) is 2.89. The molecule has 0 atom stereocenters. The van der Waals surface area contributed by atoms with Crippen LogP contribution < -0.4 is 0 Å². The second-order valence-corrected chi connectivity index (χ2v) is 5.45. The van der Waals surface area contributed by atoms with Gasteiger partial charge in [-0.3, -0.25) is 4.40 Å². The zero-order valence-electron chi connectivity index (χ0n) is 10.5. The Hall–Kier alpha value is -2.14. The molecule has 96 valence electrons. The molecular formula is C14H12N2O2S. The fourth-order valence-corrected chi connectivity index (χ4v) is 3.04. The Labute approximate surface area is 114 Å². The van der Waals surface area contributed by atoms with Crippen molar-refractivity contribution in [3.05, 3.63) is 46.6 Å². The lowest BCUT2D eigenvalue weighted by Gasteiger charge is -1.97. The van der Waals surface area contributed by atoms with E-state index in [-0.39, 0.29) is 0 Å². The van der Waals surface area contributed by atoms with Crippen molar-refractivity contribution < 1.29 is 9.90 Å². The summed E-state index contributed by atoms with van der Waals surface area (Å²) >= 11 is 1.20. The van der Waals surface area contributed by atoms with Crippen molar-refractivity contribution in [2.45, 2.75) is 13.8 Å². The first-order chi connectivity index (χ1) is 9.06. The van der Waals surface area contributed by atoms with Gasteiger partial charge in [0.05, 0.1) is 5.69 Å². The summed E-state index contributed by atoms with van der Waals surface area (Å²) in [5, 5.41) is 9.08. The number of imidazole rings is 1. The van der Waals surface area contributed by atoms with E-state index in [4.69, 9.17) is 5.11 Å². The lowest BCUT2D eigenvalue weighted by atomic mass is 10.1. The molecule has 0 aliphatic carbocycles. The Bertz CT molecular complexity index is 786. The molecule has 5 heteroatoms. The summed E-state index contributed by atoms with van der Waals surface area (Å²) in [7, 11) is 0. The molecule has 0 aliphatic heterocycles. The number of thiazole rings is 1. The fourth-order valence-electron chi connectivity index (χ4n) is 2.09. The lowest BCUT2D eigenvalue weighted by Crippen LogP contribution is -1.96. The minimum Gasteiger partial charge on any atom is -0.477 e. The second kappa shape index (κ2) is 4.20. The number of hydrogen-bond acceptors (Lipinski definition) is 3. The van der Waals surface area contributed by atoms with Gasteiger partial charge in [0.1, 0.15) is 4.88 Å². The summed E-state index contributed by atoms with van der Waals surface area (Å²) in [5.41, 5.74) is 3.82. The third-order valence-corrected chi connectivity index (χ3v) is 4.21. The molecule has 0 spiro atoms. The number of hydrogen-bond donors (Lipinski definition) is 1. The van der Waals surface area contributed by atoms with Gasteiger partial charge in [-0.25, -0.2) is 9.78 Å². The van der Waals surface area contributed by atoms with Crippen LogP contribution in [0.5, 0.6) is 0 Å². The van der Waals surface area contributed by atoms with E-state index < -0.39 is 5.97 Å². The first kappa shape index (κ1) is 11.9. The number of carboxylic acid groups (broad SMARTS) is 1. The highest BCUT2D eigenvalue weighted by Gasteiger charge is 2.16. The van der Waals surface area contributed by atoms with E-state index in [1.807, 2.05) is 35.7 Å². The van der Waals surface area contributed by atoms with Crippen LogP contribution in [0.1, 0.15) is 20.9 Å². The number of aromatic carboxylic acids is 1. The van der Waals surface area contributed by atoms with Crippen LogP contribution in [-0.4, -0.2) is 20.5 Å². The van der Waals surface area contributed by atoms with Crippen LogP contribution in [-0.2, 0) is 0 Å². The number of nitrogens with zero attached hydrogens (tertiary/aromatic N) is 2. The predicted molar refractivity (Wildman–Crippen MR) is 74.9 cm³/mol. The molecule has 0 radical (unpaired) electrons. The van der Waals surface area contributed by atoms with Crippen LogP contribution in [0.2, 0.25) is 0 Å². The Kier molecular flexibility index (Phi) is 2.64. The first-order valence-electron chi connectivity index (χ1n) is 5.85. The SMILES string of the molecule is Cc1cccc(-c2cn3c(C)c(C(=O)O)sc3n2)c1. The van der Waals surface area contributed by atoms with Crippen molar-refractivity contribution in [3.63, 3.8) is 0 Å². The maximum Gasteiger partial charge on any atom is 0.347 e. The topological polar surface area (TPSA) is 54.6 Å². The van der Waals surface area contributed by atoms with E-state index in [9.17, 15) is 4.79 Å². The molecule has 0 amide bonds. The maximum atomic E-state index is 11.1. The van der Waals surface area contributed by atoms with Gasteiger partial charge in [0.2, 0.25) is 0 Å². The van der Waals surface area contributed by atoms with Gasteiger partial charge in [0.25, 0.3) is 0 Å². The van der Waals surface area contributed by atoms with Gasteiger partial charge < -0.3 is 5.11 Å². The highest BCUT2D eigenvalue weighted by molar-refractivity contribution is 7.19. The molecule has 0 fully saturated rings. The monoisotopic (exact) mass is 272 g/mol. The number of benzene rings is 1. The van der Waals surface area contributed by atoms with Crippen molar-refractivity contribution in [1.29, 1.82) is 0 Å². The summed E-state index contributed by atoms with van der Waals surface area (Å²) < 4.78 is 1.84. The molecule has 19 heavy (non-hydrogen) atoms. The normalized spacial score (nSPS) is 11.1. The molecule has 0 saturated carbocycles. The quantitative estimate of drug-likeness (QED) is 0.778. The number of fused-ring (bicyclic) bond motifs is 1. The fraction of sp³-hybridized carbons (Fsp3) is 0.143.